The summed E-state index contributed by atoms with van der Waals surface area (Å²) < 4.78 is 11.1. The van der Waals surface area contributed by atoms with Gasteiger partial charge in [0.05, 0.1) is 12.4 Å². The Bertz CT molecular complexity index is 1040. The molecule has 0 spiro atoms. The van der Waals surface area contributed by atoms with Crippen LogP contribution in [0.2, 0.25) is 0 Å². The molecule has 1 N–H and O–H groups in total. The summed E-state index contributed by atoms with van der Waals surface area (Å²) in [5.41, 5.74) is -1.49. The summed E-state index contributed by atoms with van der Waals surface area (Å²) in [6, 6.07) is 3.10. The van der Waals surface area contributed by atoms with Crippen molar-refractivity contribution in [2.45, 2.75) is 57.7 Å². The summed E-state index contributed by atoms with van der Waals surface area (Å²) in [7, 11) is 0. The molecule has 0 aromatic carbocycles. The van der Waals surface area contributed by atoms with Gasteiger partial charge >= 0.3 is 5.97 Å². The molecule has 0 aliphatic heterocycles. The number of aliphatic hydroxyl groups excluding tert-OH is 1. The van der Waals surface area contributed by atoms with Crippen molar-refractivity contribution in [1.29, 1.82) is 0 Å². The van der Waals surface area contributed by atoms with E-state index in [2.05, 4.69) is 19.6 Å². The molecule has 170 valence electrons. The van der Waals surface area contributed by atoms with E-state index in [1.165, 1.54) is 12.3 Å². The summed E-state index contributed by atoms with van der Waals surface area (Å²) in [6.07, 6.45) is 8.96. The molecule has 1 aromatic heterocycles. The number of hydrogen-bond donors (Lipinski definition) is 2. The average molecular weight is 457 g/mol. The Kier molecular flexibility index (Phi) is 4.88. The van der Waals surface area contributed by atoms with E-state index in [4.69, 9.17) is 9.15 Å². The third-order valence-corrected chi connectivity index (χ3v) is 9.31. The number of aliphatic hydroxyl groups is 1. The minimum absolute atomic E-state index is 0.00328. The fraction of sp³-hybridized carbons (Fsp3) is 0.560. The number of furan rings is 1. The number of esters is 1. The standard InChI is InChI=1S/C25H28O6S/c1-23-9-7-15(26)12-14(23)5-6-16-17-8-10-25(22(29)32,24(17,2)13-18(27)20(16)23)31-21(28)19-4-3-11-30-19/h3-4,7,9,11-12,16-18,20,27H,5-6,8,10,13H2,1-2H3,(H,29,32)/t16?,17?,18?,20?,23?,24?,25-/m0/s1. The molecule has 5 rings (SSSR count). The van der Waals surface area contributed by atoms with Crippen molar-refractivity contribution in [3.8, 4) is 0 Å². The van der Waals surface area contributed by atoms with Crippen LogP contribution in [0.25, 0.3) is 0 Å². The van der Waals surface area contributed by atoms with Crippen molar-refractivity contribution in [3.05, 3.63) is 48.0 Å². The SMILES string of the molecule is CC12C=CC(=O)C=C1CCC1C2C(O)CC2(C)C1CC[C@]2(OC(=O)c1ccco1)C(=O)S. The van der Waals surface area contributed by atoms with Crippen LogP contribution >= 0.6 is 12.6 Å². The van der Waals surface area contributed by atoms with E-state index in [-0.39, 0.29) is 29.3 Å². The van der Waals surface area contributed by atoms with Crippen molar-refractivity contribution in [3.63, 3.8) is 0 Å². The van der Waals surface area contributed by atoms with Gasteiger partial charge in [0.15, 0.2) is 11.4 Å². The van der Waals surface area contributed by atoms with Crippen LogP contribution in [0.3, 0.4) is 0 Å². The average Bonchev–Trinajstić information content (AvgIpc) is 3.36. The Hall–Kier alpha value is -2.12. The van der Waals surface area contributed by atoms with Crippen molar-refractivity contribution < 1.29 is 28.6 Å². The number of ketones is 1. The molecule has 0 radical (unpaired) electrons. The molecule has 3 saturated carbocycles. The van der Waals surface area contributed by atoms with E-state index in [9.17, 15) is 19.5 Å². The molecule has 0 saturated heterocycles. The molecular formula is C25H28O6S. The van der Waals surface area contributed by atoms with E-state index in [1.54, 1.807) is 18.2 Å². The zero-order chi connectivity index (χ0) is 22.9. The quantitative estimate of drug-likeness (QED) is 0.529. The minimum Gasteiger partial charge on any atom is -0.457 e. The Morgan fingerprint density at radius 1 is 1.28 bits per heavy atom. The third kappa shape index (κ3) is 2.80. The van der Waals surface area contributed by atoms with Crippen molar-refractivity contribution in [2.24, 2.45) is 28.6 Å². The molecule has 7 heteroatoms. The predicted molar refractivity (Wildman–Crippen MR) is 119 cm³/mol. The molecule has 7 atom stereocenters. The molecule has 1 heterocycles. The number of carbonyl (C=O) groups is 3. The van der Waals surface area contributed by atoms with Gasteiger partial charge in [-0.15, -0.1) is 12.6 Å². The van der Waals surface area contributed by atoms with Crippen LogP contribution in [0.15, 0.2) is 46.6 Å². The number of carbonyl (C=O) groups excluding carboxylic acids is 3. The lowest BCUT2D eigenvalue weighted by Crippen LogP contribution is -2.61. The lowest BCUT2D eigenvalue weighted by Gasteiger charge is -2.59. The van der Waals surface area contributed by atoms with E-state index in [0.717, 1.165) is 18.4 Å². The topological polar surface area (TPSA) is 93.8 Å². The first kappa shape index (κ1) is 21.7. The third-order valence-electron chi connectivity index (χ3n) is 8.95. The molecule has 4 aliphatic rings. The van der Waals surface area contributed by atoms with E-state index < -0.39 is 33.6 Å². The van der Waals surface area contributed by atoms with Gasteiger partial charge < -0.3 is 14.3 Å². The summed E-state index contributed by atoms with van der Waals surface area (Å²) in [4.78, 5) is 37.7. The maximum absolute atomic E-state index is 12.9. The first-order chi connectivity index (χ1) is 15.1. The van der Waals surface area contributed by atoms with Gasteiger partial charge in [0, 0.05) is 16.7 Å². The fourth-order valence-corrected chi connectivity index (χ4v) is 7.89. The van der Waals surface area contributed by atoms with Gasteiger partial charge in [0.1, 0.15) is 0 Å². The number of hydrogen-bond acceptors (Lipinski definition) is 6. The highest BCUT2D eigenvalue weighted by Crippen LogP contribution is 2.68. The second-order valence-corrected chi connectivity index (χ2v) is 10.7. The van der Waals surface area contributed by atoms with E-state index >= 15 is 0 Å². The number of fused-ring (bicyclic) bond motifs is 5. The molecule has 0 bridgehead atoms. The molecule has 6 nitrogen and oxygen atoms in total. The van der Waals surface area contributed by atoms with Gasteiger partial charge in [-0.2, -0.15) is 0 Å². The van der Waals surface area contributed by atoms with Crippen molar-refractivity contribution in [1.82, 2.24) is 0 Å². The zero-order valence-electron chi connectivity index (χ0n) is 18.2. The molecule has 3 fully saturated rings. The first-order valence-corrected chi connectivity index (χ1v) is 11.7. The van der Waals surface area contributed by atoms with E-state index in [1.807, 2.05) is 13.0 Å². The van der Waals surface area contributed by atoms with Crippen LogP contribution in [-0.4, -0.2) is 33.7 Å². The maximum Gasteiger partial charge on any atom is 0.375 e. The van der Waals surface area contributed by atoms with Crippen LogP contribution in [0, 0.1) is 28.6 Å². The highest BCUT2D eigenvalue weighted by atomic mass is 32.1. The summed E-state index contributed by atoms with van der Waals surface area (Å²) in [6.45, 7) is 4.06. The highest BCUT2D eigenvalue weighted by Gasteiger charge is 2.70. The van der Waals surface area contributed by atoms with Crippen LogP contribution in [0.1, 0.15) is 56.5 Å². The van der Waals surface area contributed by atoms with Crippen LogP contribution < -0.4 is 0 Å². The monoisotopic (exact) mass is 456 g/mol. The molecule has 4 aliphatic carbocycles. The fourth-order valence-electron chi connectivity index (χ4n) is 7.48. The van der Waals surface area contributed by atoms with Gasteiger partial charge in [-0.25, -0.2) is 4.79 Å². The number of thiol groups is 1. The minimum atomic E-state index is -1.42. The summed E-state index contributed by atoms with van der Waals surface area (Å²) in [5.74, 6) is -0.489. The van der Waals surface area contributed by atoms with Gasteiger partial charge in [-0.05, 0) is 68.2 Å². The normalized spacial score (nSPS) is 42.5. The number of ether oxygens (including phenoxy) is 1. The lowest BCUT2D eigenvalue weighted by molar-refractivity contribution is -0.171. The zero-order valence-corrected chi connectivity index (χ0v) is 19.1. The second kappa shape index (κ2) is 7.19. The van der Waals surface area contributed by atoms with Gasteiger partial charge in [0.2, 0.25) is 10.9 Å². The number of allylic oxidation sites excluding steroid dienone is 4. The Labute approximate surface area is 192 Å². The molecule has 32 heavy (non-hydrogen) atoms. The summed E-state index contributed by atoms with van der Waals surface area (Å²) >= 11 is 4.18. The van der Waals surface area contributed by atoms with Gasteiger partial charge in [-0.3, -0.25) is 9.59 Å². The van der Waals surface area contributed by atoms with Gasteiger partial charge in [0.25, 0.3) is 0 Å². The maximum atomic E-state index is 12.9. The highest BCUT2D eigenvalue weighted by molar-refractivity contribution is 7.96. The van der Waals surface area contributed by atoms with Gasteiger partial charge in [-0.1, -0.05) is 25.5 Å². The summed E-state index contributed by atoms with van der Waals surface area (Å²) in [5, 5.41) is 11.0. The van der Waals surface area contributed by atoms with Crippen molar-refractivity contribution in [2.75, 3.05) is 0 Å². The molecule has 1 aromatic rings. The van der Waals surface area contributed by atoms with Crippen LogP contribution in [0.4, 0.5) is 0 Å². The predicted octanol–water partition coefficient (Wildman–Crippen LogP) is 3.91. The lowest BCUT2D eigenvalue weighted by atomic mass is 9.46. The Balaban J connectivity index is 1.52. The van der Waals surface area contributed by atoms with Crippen LogP contribution in [0.5, 0.6) is 0 Å². The largest absolute Gasteiger partial charge is 0.457 e. The smallest absolute Gasteiger partial charge is 0.375 e. The van der Waals surface area contributed by atoms with Crippen LogP contribution in [-0.2, 0) is 14.3 Å². The Morgan fingerprint density at radius 2 is 2.06 bits per heavy atom. The molecular weight excluding hydrogens is 428 g/mol. The number of rotatable bonds is 3. The first-order valence-electron chi connectivity index (χ1n) is 11.2. The van der Waals surface area contributed by atoms with E-state index in [0.29, 0.717) is 19.3 Å². The molecule has 6 unspecified atom stereocenters. The second-order valence-electron chi connectivity index (χ2n) is 10.2. The van der Waals surface area contributed by atoms with Crippen molar-refractivity contribution >= 4 is 29.5 Å². The Morgan fingerprint density at radius 3 is 2.75 bits per heavy atom. The molecule has 0 amide bonds.